The fraction of sp³-hybridized carbons (Fsp3) is 0.385. The Morgan fingerprint density at radius 1 is 1.35 bits per heavy atom. The topological polar surface area (TPSA) is 107 Å². The van der Waals surface area contributed by atoms with Gasteiger partial charge in [0.1, 0.15) is 12.1 Å². The molecular weight excluding hydrogens is 337 g/mol. The van der Waals surface area contributed by atoms with Crippen molar-refractivity contribution in [2.45, 2.75) is 31.0 Å². The number of carboxylic acids is 1. The number of hydrogen-bond donors (Lipinski definition) is 2. The summed E-state index contributed by atoms with van der Waals surface area (Å²) in [5, 5.41) is 17.9. The molecule has 6 nitrogen and oxygen atoms in total. The number of nitrogens with zero attached hydrogens (tertiary/aromatic N) is 1. The van der Waals surface area contributed by atoms with Crippen molar-refractivity contribution in [1.82, 2.24) is 4.72 Å². The third-order valence-electron chi connectivity index (χ3n) is 2.93. The molecule has 0 aliphatic carbocycles. The zero-order chi connectivity index (χ0) is 18.0. The number of rotatable bonds is 5. The SMILES string of the molecule is CC(C)C(NS(=O)(=O)c1ccc(C(F)(F)F)cc1C#N)C(=O)O. The van der Waals surface area contributed by atoms with Gasteiger partial charge in [-0.1, -0.05) is 13.8 Å². The summed E-state index contributed by atoms with van der Waals surface area (Å²) in [5.41, 5.74) is -1.90. The predicted molar refractivity (Wildman–Crippen MR) is 72.7 cm³/mol. The van der Waals surface area contributed by atoms with Gasteiger partial charge in [-0.25, -0.2) is 8.42 Å². The summed E-state index contributed by atoms with van der Waals surface area (Å²) in [6.07, 6.45) is -4.73. The number of alkyl halides is 3. The molecule has 1 unspecified atom stereocenters. The molecule has 23 heavy (non-hydrogen) atoms. The monoisotopic (exact) mass is 350 g/mol. The molecule has 2 N–H and O–H groups in total. The van der Waals surface area contributed by atoms with Crippen LogP contribution in [0, 0.1) is 17.2 Å². The van der Waals surface area contributed by atoms with E-state index in [0.717, 1.165) is 0 Å². The smallest absolute Gasteiger partial charge is 0.416 e. The van der Waals surface area contributed by atoms with Gasteiger partial charge in [0.05, 0.1) is 16.0 Å². The summed E-state index contributed by atoms with van der Waals surface area (Å²) in [6, 6.07) is 1.45. The van der Waals surface area contributed by atoms with E-state index in [-0.39, 0.29) is 0 Å². The zero-order valence-corrected chi connectivity index (χ0v) is 12.9. The van der Waals surface area contributed by atoms with Crippen molar-refractivity contribution in [3.05, 3.63) is 29.3 Å². The Labute approximate surface area is 130 Å². The van der Waals surface area contributed by atoms with Gasteiger partial charge in [0.15, 0.2) is 0 Å². The van der Waals surface area contributed by atoms with Crippen LogP contribution >= 0.6 is 0 Å². The summed E-state index contributed by atoms with van der Waals surface area (Å²) in [4.78, 5) is 10.3. The number of hydrogen-bond acceptors (Lipinski definition) is 4. The Morgan fingerprint density at radius 2 is 1.91 bits per heavy atom. The summed E-state index contributed by atoms with van der Waals surface area (Å²) < 4.78 is 64.1. The minimum absolute atomic E-state index is 0.402. The van der Waals surface area contributed by atoms with Crippen LogP contribution in [0.5, 0.6) is 0 Å². The van der Waals surface area contributed by atoms with Crippen molar-refractivity contribution in [1.29, 1.82) is 5.26 Å². The predicted octanol–water partition coefficient (Wildman–Crippen LogP) is 1.96. The second-order valence-electron chi connectivity index (χ2n) is 5.00. The van der Waals surface area contributed by atoms with Crippen molar-refractivity contribution in [3.8, 4) is 6.07 Å². The Bertz CT molecular complexity index is 751. The van der Waals surface area contributed by atoms with Gasteiger partial charge in [-0.05, 0) is 24.1 Å². The molecule has 0 bridgehead atoms. The molecular formula is C13H13F3N2O4S. The molecule has 1 aromatic carbocycles. The number of nitriles is 1. The van der Waals surface area contributed by atoms with Gasteiger partial charge in [0, 0.05) is 0 Å². The Kier molecular flexibility index (Phi) is 5.39. The van der Waals surface area contributed by atoms with E-state index in [1.54, 1.807) is 0 Å². The fourth-order valence-corrected chi connectivity index (χ4v) is 3.21. The first-order valence-corrected chi connectivity index (χ1v) is 7.75. The first-order chi connectivity index (χ1) is 10.4. The van der Waals surface area contributed by atoms with Crippen LogP contribution in [0.25, 0.3) is 0 Å². The van der Waals surface area contributed by atoms with Crippen molar-refractivity contribution in [2.75, 3.05) is 0 Å². The third kappa shape index (κ3) is 4.43. The molecule has 0 aromatic heterocycles. The normalized spacial score (nSPS) is 13.6. The van der Waals surface area contributed by atoms with E-state index in [1.165, 1.54) is 19.9 Å². The van der Waals surface area contributed by atoms with Crippen LogP contribution in [-0.2, 0) is 21.0 Å². The average molecular weight is 350 g/mol. The summed E-state index contributed by atoms with van der Waals surface area (Å²) in [5.74, 6) is -2.05. The van der Waals surface area contributed by atoms with E-state index in [2.05, 4.69) is 0 Å². The van der Waals surface area contributed by atoms with E-state index in [4.69, 9.17) is 10.4 Å². The highest BCUT2D eigenvalue weighted by Gasteiger charge is 2.34. The Hall–Kier alpha value is -2.12. The quantitative estimate of drug-likeness (QED) is 0.844. The maximum atomic E-state index is 12.6. The van der Waals surface area contributed by atoms with Gasteiger partial charge in [-0.15, -0.1) is 0 Å². The first-order valence-electron chi connectivity index (χ1n) is 6.26. The average Bonchev–Trinajstić information content (AvgIpc) is 2.42. The fourth-order valence-electron chi connectivity index (χ4n) is 1.73. The molecule has 0 aliphatic heterocycles. The van der Waals surface area contributed by atoms with Crippen LogP contribution in [0.4, 0.5) is 13.2 Å². The molecule has 1 aromatic rings. The minimum atomic E-state index is -4.73. The lowest BCUT2D eigenvalue weighted by Gasteiger charge is -2.18. The third-order valence-corrected chi connectivity index (χ3v) is 4.43. The van der Waals surface area contributed by atoms with E-state index >= 15 is 0 Å². The van der Waals surface area contributed by atoms with Crippen LogP contribution < -0.4 is 4.72 Å². The maximum absolute atomic E-state index is 12.6. The van der Waals surface area contributed by atoms with Gasteiger partial charge in [0.25, 0.3) is 0 Å². The Morgan fingerprint density at radius 3 is 2.30 bits per heavy atom. The molecule has 0 radical (unpaired) electrons. The van der Waals surface area contributed by atoms with E-state index in [0.29, 0.717) is 18.2 Å². The van der Waals surface area contributed by atoms with Crippen molar-refractivity contribution >= 4 is 16.0 Å². The van der Waals surface area contributed by atoms with Crippen LogP contribution in [0.15, 0.2) is 23.1 Å². The molecule has 0 saturated carbocycles. The van der Waals surface area contributed by atoms with E-state index < -0.39 is 50.2 Å². The maximum Gasteiger partial charge on any atom is 0.416 e. The van der Waals surface area contributed by atoms with Crippen molar-refractivity contribution in [2.24, 2.45) is 5.92 Å². The van der Waals surface area contributed by atoms with E-state index in [9.17, 15) is 26.4 Å². The van der Waals surface area contributed by atoms with Gasteiger partial charge >= 0.3 is 12.1 Å². The number of sulfonamides is 1. The van der Waals surface area contributed by atoms with Crippen LogP contribution in [0.2, 0.25) is 0 Å². The second kappa shape index (κ2) is 6.55. The van der Waals surface area contributed by atoms with Gasteiger partial charge in [-0.2, -0.15) is 23.2 Å². The number of halogens is 3. The molecule has 1 atom stereocenters. The van der Waals surface area contributed by atoms with E-state index in [1.807, 2.05) is 4.72 Å². The summed E-state index contributed by atoms with van der Waals surface area (Å²) in [7, 11) is -4.48. The minimum Gasteiger partial charge on any atom is -0.480 e. The first kappa shape index (κ1) is 18.9. The van der Waals surface area contributed by atoms with Gasteiger partial charge in [-0.3, -0.25) is 4.79 Å². The summed E-state index contributed by atoms with van der Waals surface area (Å²) >= 11 is 0. The molecule has 0 aliphatic rings. The second-order valence-corrected chi connectivity index (χ2v) is 6.68. The molecule has 10 heteroatoms. The lowest BCUT2D eigenvalue weighted by molar-refractivity contribution is -0.140. The standard InChI is InChI=1S/C13H13F3N2O4S/c1-7(2)11(12(19)20)18-23(21,22)10-4-3-9(13(14,15)16)5-8(10)6-17/h3-5,7,11,18H,1-2H3,(H,19,20). The van der Waals surface area contributed by atoms with Crippen molar-refractivity contribution in [3.63, 3.8) is 0 Å². The Balaban J connectivity index is 3.34. The number of aliphatic carboxylic acids is 1. The van der Waals surface area contributed by atoms with Gasteiger partial charge in [0.2, 0.25) is 10.0 Å². The number of nitrogens with one attached hydrogen (secondary N) is 1. The highest BCUT2D eigenvalue weighted by molar-refractivity contribution is 7.89. The van der Waals surface area contributed by atoms with Crippen LogP contribution in [-0.4, -0.2) is 25.5 Å². The van der Waals surface area contributed by atoms with Crippen LogP contribution in [0.3, 0.4) is 0 Å². The number of carboxylic acid groups (broad SMARTS) is 1. The lowest BCUT2D eigenvalue weighted by Crippen LogP contribution is -2.44. The molecule has 1 rings (SSSR count). The summed E-state index contributed by atoms with van der Waals surface area (Å²) in [6.45, 7) is 2.92. The molecule has 0 heterocycles. The highest BCUT2D eigenvalue weighted by Crippen LogP contribution is 2.31. The van der Waals surface area contributed by atoms with Gasteiger partial charge < -0.3 is 5.11 Å². The van der Waals surface area contributed by atoms with Crippen molar-refractivity contribution < 1.29 is 31.5 Å². The zero-order valence-electron chi connectivity index (χ0n) is 12.0. The highest BCUT2D eigenvalue weighted by atomic mass is 32.2. The number of carbonyl (C=O) groups is 1. The molecule has 0 amide bonds. The largest absolute Gasteiger partial charge is 0.480 e. The molecule has 0 saturated heterocycles. The molecule has 126 valence electrons. The lowest BCUT2D eigenvalue weighted by atomic mass is 10.1. The van der Waals surface area contributed by atoms with Crippen LogP contribution in [0.1, 0.15) is 25.0 Å². The molecule has 0 spiro atoms. The molecule has 0 fully saturated rings. The number of benzene rings is 1.